The van der Waals surface area contributed by atoms with Crippen molar-refractivity contribution in [3.05, 3.63) is 90.1 Å². The Hall–Kier alpha value is -6.75. The van der Waals surface area contributed by atoms with E-state index in [2.05, 4.69) is 62.4 Å². The van der Waals surface area contributed by atoms with Gasteiger partial charge in [0, 0.05) is 93.6 Å². The van der Waals surface area contributed by atoms with E-state index in [0.717, 1.165) is 91.1 Å². The van der Waals surface area contributed by atoms with Gasteiger partial charge in [0.1, 0.15) is 17.2 Å². The monoisotopic (exact) mass is 1030 g/mol. The molecular formula is C59H70FN11O5. The fourth-order valence-electron chi connectivity index (χ4n) is 13.6. The van der Waals surface area contributed by atoms with Gasteiger partial charge >= 0.3 is 0 Å². The minimum Gasteiger partial charge on any atom is -0.357 e. The maximum absolute atomic E-state index is 15.3. The average molecular weight is 1030 g/mol. The van der Waals surface area contributed by atoms with E-state index >= 15 is 9.18 Å². The molecular weight excluding hydrogens is 962 g/mol. The standard InChI is InChI=1S/C59H70FN11O5/c1-37(2)70-36-62-49-34-48(64-55(54(49)70)63-47-9-5-4-8-46(47)60)40-10-13-45-50(31-40)71(43-32-42(33-43)66-22-6-3-7-23-66)58(76)59(45)20-28-69(29-21-59)57(75)39-18-26-68(27-19-39)53(73)30-38-16-24-67(25-17-38)51-14-11-41(35-61-51)44-12-15-52(72)65-56(44)74/h4-5,8-11,13-14,31,34-39,42-44H,3,6-7,12,15-30,32-33H2,1-2H3,(H,63,64)(H,65,72,74)/t42-,43+,44?. The number of nitrogens with one attached hydrogen (secondary N) is 2. The second-order valence-electron chi connectivity index (χ2n) is 23.0. The molecule has 1 atom stereocenters. The topological polar surface area (TPSA) is 169 Å². The van der Waals surface area contributed by atoms with Crippen molar-refractivity contribution >= 4 is 63.6 Å². The highest BCUT2D eigenvalue weighted by Gasteiger charge is 2.56. The Labute approximate surface area is 443 Å². The second kappa shape index (κ2) is 20.7. The Morgan fingerprint density at radius 2 is 1.58 bits per heavy atom. The van der Waals surface area contributed by atoms with Gasteiger partial charge in [-0.25, -0.2) is 19.3 Å². The van der Waals surface area contributed by atoms with E-state index in [-0.39, 0.29) is 65.2 Å². The zero-order valence-electron chi connectivity index (χ0n) is 43.9. The molecule has 3 aromatic heterocycles. The van der Waals surface area contributed by atoms with E-state index in [1.54, 1.807) is 30.7 Å². The number of imidazole rings is 1. The zero-order chi connectivity index (χ0) is 52.2. The summed E-state index contributed by atoms with van der Waals surface area (Å²) in [6.07, 6.45) is 14.6. The molecule has 6 fully saturated rings. The number of para-hydroxylation sites is 1. The Morgan fingerprint density at radius 1 is 0.816 bits per heavy atom. The van der Waals surface area contributed by atoms with E-state index in [0.29, 0.717) is 94.4 Å². The van der Waals surface area contributed by atoms with Gasteiger partial charge in [-0.3, -0.25) is 29.3 Å². The molecule has 9 heterocycles. The van der Waals surface area contributed by atoms with Crippen LogP contribution < -0.4 is 20.4 Å². The van der Waals surface area contributed by atoms with E-state index in [1.165, 1.54) is 25.3 Å². The minimum absolute atomic E-state index is 0.0824. The smallest absolute Gasteiger partial charge is 0.238 e. The lowest BCUT2D eigenvalue weighted by Gasteiger charge is -2.48. The van der Waals surface area contributed by atoms with Gasteiger partial charge in [-0.1, -0.05) is 36.8 Å². The highest BCUT2D eigenvalue weighted by Crippen LogP contribution is 2.52. The van der Waals surface area contributed by atoms with Gasteiger partial charge in [0.05, 0.1) is 34.6 Å². The lowest BCUT2D eigenvalue weighted by molar-refractivity contribution is -0.143. The molecule has 1 aliphatic carbocycles. The average Bonchev–Trinajstić information content (AvgIpc) is 3.98. The molecule has 6 aliphatic heterocycles. The number of carbonyl (C=O) groups is 5. The number of halogens is 1. The lowest BCUT2D eigenvalue weighted by Crippen LogP contribution is -2.58. The maximum Gasteiger partial charge on any atom is 0.238 e. The third-order valence-electron chi connectivity index (χ3n) is 18.2. The maximum atomic E-state index is 15.3. The molecule has 1 saturated carbocycles. The number of rotatable bonds is 11. The molecule has 2 N–H and O–H groups in total. The molecule has 2 aromatic carbocycles. The van der Waals surface area contributed by atoms with Gasteiger partial charge in [0.15, 0.2) is 5.82 Å². The quantitative estimate of drug-likeness (QED) is 0.122. The molecule has 5 aromatic rings. The van der Waals surface area contributed by atoms with Crippen LogP contribution in [0.5, 0.6) is 0 Å². The number of hydrogen-bond acceptors (Lipinski definition) is 11. The summed E-state index contributed by atoms with van der Waals surface area (Å²) in [7, 11) is 0. The summed E-state index contributed by atoms with van der Waals surface area (Å²) < 4.78 is 17.2. The lowest BCUT2D eigenvalue weighted by atomic mass is 9.73. The Kier molecular flexibility index (Phi) is 13.6. The van der Waals surface area contributed by atoms with Crippen LogP contribution in [-0.2, 0) is 29.4 Å². The van der Waals surface area contributed by atoms with Gasteiger partial charge < -0.3 is 34.4 Å². The van der Waals surface area contributed by atoms with Crippen LogP contribution in [0, 0.1) is 17.7 Å². The van der Waals surface area contributed by atoms with Crippen molar-refractivity contribution < 1.29 is 28.4 Å². The van der Waals surface area contributed by atoms with Crippen molar-refractivity contribution in [1.82, 2.24) is 39.5 Å². The first-order valence-electron chi connectivity index (χ1n) is 28.1. The molecule has 17 heteroatoms. The molecule has 1 spiro atoms. The van der Waals surface area contributed by atoms with E-state index < -0.39 is 5.41 Å². The van der Waals surface area contributed by atoms with Crippen LogP contribution in [0.25, 0.3) is 22.3 Å². The number of aromatic nitrogens is 4. The third kappa shape index (κ3) is 9.39. The number of likely N-dealkylation sites (tertiary alicyclic amines) is 3. The number of fused-ring (bicyclic) bond motifs is 3. The summed E-state index contributed by atoms with van der Waals surface area (Å²) in [4.78, 5) is 92.7. The number of nitrogens with zero attached hydrogens (tertiary/aromatic N) is 9. The number of amides is 5. The van der Waals surface area contributed by atoms with Gasteiger partial charge in [-0.05, 0) is 145 Å². The second-order valence-corrected chi connectivity index (χ2v) is 23.0. The SMILES string of the molecule is CC(C)n1cnc2cc(-c3ccc4c(c3)N([C@H]3C[C@@H](N5CCCCC5)C3)C(=O)C43CCN(C(=O)C4CCN(C(=O)CC5CCN(c6ccc(C7CCC(=O)NC7=O)cn6)CC5)CC4)CC3)nc(Nc3ccccc3F)c21. The van der Waals surface area contributed by atoms with Crippen LogP contribution in [0.2, 0.25) is 0 Å². The van der Waals surface area contributed by atoms with E-state index in [1.807, 2.05) is 32.6 Å². The van der Waals surface area contributed by atoms with Gasteiger partial charge in [0.2, 0.25) is 29.5 Å². The summed E-state index contributed by atoms with van der Waals surface area (Å²) in [5.74, 6) is 0.694. The van der Waals surface area contributed by atoms with Crippen molar-refractivity contribution in [2.24, 2.45) is 11.8 Å². The largest absolute Gasteiger partial charge is 0.357 e. The zero-order valence-corrected chi connectivity index (χ0v) is 43.9. The molecule has 7 aliphatic rings. The highest BCUT2D eigenvalue weighted by atomic mass is 19.1. The predicted molar refractivity (Wildman–Crippen MR) is 288 cm³/mol. The summed E-state index contributed by atoms with van der Waals surface area (Å²) in [5, 5.41) is 5.71. The van der Waals surface area contributed by atoms with Gasteiger partial charge in [-0.15, -0.1) is 0 Å². The van der Waals surface area contributed by atoms with Crippen LogP contribution in [0.3, 0.4) is 0 Å². The van der Waals surface area contributed by atoms with Crippen LogP contribution in [0.1, 0.15) is 127 Å². The van der Waals surface area contributed by atoms with Crippen molar-refractivity contribution in [3.8, 4) is 11.3 Å². The number of carbonyl (C=O) groups excluding carboxylic acids is 5. The van der Waals surface area contributed by atoms with E-state index in [9.17, 15) is 19.2 Å². The number of piperidine rings is 5. The Morgan fingerprint density at radius 3 is 2.29 bits per heavy atom. The van der Waals surface area contributed by atoms with Crippen molar-refractivity contribution in [3.63, 3.8) is 0 Å². The summed E-state index contributed by atoms with van der Waals surface area (Å²) in [5.41, 5.74) is 5.41. The molecule has 398 valence electrons. The molecule has 0 bridgehead atoms. The molecule has 1 unspecified atom stereocenters. The van der Waals surface area contributed by atoms with Crippen molar-refractivity contribution in [2.75, 3.05) is 67.5 Å². The highest BCUT2D eigenvalue weighted by molar-refractivity contribution is 6.09. The molecule has 5 amide bonds. The van der Waals surface area contributed by atoms with Gasteiger partial charge in [-0.2, -0.15) is 0 Å². The third-order valence-corrected chi connectivity index (χ3v) is 18.2. The van der Waals surface area contributed by atoms with Crippen LogP contribution in [0.4, 0.5) is 27.4 Å². The molecule has 0 radical (unpaired) electrons. The fourth-order valence-corrected chi connectivity index (χ4v) is 13.6. The molecule has 12 rings (SSSR count). The number of imide groups is 1. The van der Waals surface area contributed by atoms with Crippen LogP contribution in [0.15, 0.2) is 73.2 Å². The van der Waals surface area contributed by atoms with Crippen LogP contribution >= 0.6 is 0 Å². The molecule has 76 heavy (non-hydrogen) atoms. The first kappa shape index (κ1) is 50.1. The number of anilines is 4. The summed E-state index contributed by atoms with van der Waals surface area (Å²) in [6, 6.07) is 19.4. The number of benzene rings is 2. The van der Waals surface area contributed by atoms with Gasteiger partial charge in [0.25, 0.3) is 0 Å². The first-order valence-corrected chi connectivity index (χ1v) is 28.1. The summed E-state index contributed by atoms with van der Waals surface area (Å²) in [6.45, 7) is 10.1. The number of pyridine rings is 2. The summed E-state index contributed by atoms with van der Waals surface area (Å²) >= 11 is 0. The van der Waals surface area contributed by atoms with Crippen molar-refractivity contribution in [2.45, 2.75) is 133 Å². The molecule has 5 saturated heterocycles. The normalized spacial score (nSPS) is 23.6. The predicted octanol–water partition coefficient (Wildman–Crippen LogP) is 8.25. The van der Waals surface area contributed by atoms with E-state index in [4.69, 9.17) is 9.97 Å². The first-order chi connectivity index (χ1) is 36.9. The Bertz CT molecular complexity index is 3030. The Balaban J connectivity index is 0.697. The van der Waals surface area contributed by atoms with Crippen LogP contribution in [-0.4, -0.2) is 128 Å². The fraction of sp³-hybridized carbons (Fsp3) is 0.525. The number of hydrogen-bond donors (Lipinski definition) is 2. The van der Waals surface area contributed by atoms with Crippen molar-refractivity contribution in [1.29, 1.82) is 0 Å². The minimum atomic E-state index is -0.739. The molecule has 16 nitrogen and oxygen atoms in total.